The first-order valence-electron chi connectivity index (χ1n) is 40.1. The van der Waals surface area contributed by atoms with Crippen LogP contribution in [-0.2, 0) is 14.3 Å². The van der Waals surface area contributed by atoms with E-state index in [1.807, 2.05) is 6.08 Å². The molecule has 0 aliphatic carbocycles. The van der Waals surface area contributed by atoms with Crippen LogP contribution in [0.3, 0.4) is 0 Å². The molecule has 0 heterocycles. The third-order valence-electron chi connectivity index (χ3n) is 19.0. The first-order chi connectivity index (χ1) is 43.0. The van der Waals surface area contributed by atoms with Gasteiger partial charge in [0.05, 0.1) is 25.4 Å². The third-order valence-corrected chi connectivity index (χ3v) is 19.0. The van der Waals surface area contributed by atoms with Crippen LogP contribution in [0.5, 0.6) is 0 Å². The van der Waals surface area contributed by atoms with Crippen molar-refractivity contribution in [2.75, 3.05) is 13.2 Å². The molecule has 6 nitrogen and oxygen atoms in total. The highest BCUT2D eigenvalue weighted by Gasteiger charge is 2.18. The van der Waals surface area contributed by atoms with Crippen LogP contribution in [0.2, 0.25) is 0 Å². The minimum atomic E-state index is -0.847. The molecule has 3 N–H and O–H groups in total. The molecule has 0 spiro atoms. The van der Waals surface area contributed by atoms with Gasteiger partial charge < -0.3 is 20.3 Å². The van der Waals surface area contributed by atoms with Gasteiger partial charge in [0.1, 0.15) is 0 Å². The van der Waals surface area contributed by atoms with Crippen molar-refractivity contribution >= 4 is 11.9 Å². The second kappa shape index (κ2) is 76.8. The molecule has 6 heteroatoms. The first kappa shape index (κ1) is 85.3. The predicted octanol–water partition coefficient (Wildman–Crippen LogP) is 26.4. The molecule has 0 bridgehead atoms. The smallest absolute Gasteiger partial charge is 0.305 e. The lowest BCUT2D eigenvalue weighted by molar-refractivity contribution is -0.143. The number of hydrogen-bond donors (Lipinski definition) is 3. The molecule has 516 valence electrons. The van der Waals surface area contributed by atoms with Crippen LogP contribution >= 0.6 is 0 Å². The van der Waals surface area contributed by atoms with Crippen LogP contribution < -0.4 is 5.32 Å². The molecule has 2 unspecified atom stereocenters. The van der Waals surface area contributed by atoms with E-state index < -0.39 is 12.1 Å². The highest BCUT2D eigenvalue weighted by molar-refractivity contribution is 5.76. The average Bonchev–Trinajstić information content (AvgIpc) is 3.54. The number of hydrogen-bond acceptors (Lipinski definition) is 5. The van der Waals surface area contributed by atoms with Crippen molar-refractivity contribution in [3.8, 4) is 0 Å². The number of ether oxygens (including phenoxy) is 1. The lowest BCUT2D eigenvalue weighted by atomic mass is 10.0. The van der Waals surface area contributed by atoms with E-state index >= 15 is 0 Å². The van der Waals surface area contributed by atoms with Crippen LogP contribution in [0.4, 0.5) is 0 Å². The van der Waals surface area contributed by atoms with Gasteiger partial charge in [-0.3, -0.25) is 9.59 Å². The first-order valence-corrected chi connectivity index (χ1v) is 40.1. The van der Waals surface area contributed by atoms with E-state index in [9.17, 15) is 19.8 Å². The molecular weight excluding hydrogens is 1070 g/mol. The fraction of sp³-hybridized carbons (Fsp3) is 0.926. The number of unbranched alkanes of at least 4 members (excludes halogenated alkanes) is 63. The van der Waals surface area contributed by atoms with Crippen molar-refractivity contribution in [2.45, 2.75) is 469 Å². The Labute approximate surface area is 545 Å². The lowest BCUT2D eigenvalue weighted by Crippen LogP contribution is -2.45. The van der Waals surface area contributed by atoms with Crippen LogP contribution in [-0.4, -0.2) is 47.4 Å². The van der Waals surface area contributed by atoms with E-state index in [1.165, 1.54) is 392 Å². The molecule has 0 aromatic carbocycles. The van der Waals surface area contributed by atoms with Gasteiger partial charge in [0.25, 0.3) is 0 Å². The normalized spacial score (nSPS) is 12.6. The van der Waals surface area contributed by atoms with Crippen molar-refractivity contribution in [2.24, 2.45) is 0 Å². The number of rotatable bonds is 76. The molecule has 2 atom stereocenters. The van der Waals surface area contributed by atoms with Crippen molar-refractivity contribution < 1.29 is 24.5 Å². The van der Waals surface area contributed by atoms with Gasteiger partial charge >= 0.3 is 5.97 Å². The van der Waals surface area contributed by atoms with Gasteiger partial charge in [-0.2, -0.15) is 0 Å². The van der Waals surface area contributed by atoms with Gasteiger partial charge in [-0.25, -0.2) is 0 Å². The minimum absolute atomic E-state index is 0.0200. The molecule has 0 aliphatic heterocycles. The Morgan fingerprint density at radius 1 is 0.310 bits per heavy atom. The zero-order valence-corrected chi connectivity index (χ0v) is 59.3. The number of aliphatic hydroxyl groups excluding tert-OH is 2. The molecule has 0 saturated heterocycles. The quantitative estimate of drug-likeness (QED) is 0.0320. The van der Waals surface area contributed by atoms with Gasteiger partial charge in [0, 0.05) is 12.8 Å². The Morgan fingerprint density at radius 2 is 0.540 bits per heavy atom. The Bertz CT molecular complexity index is 1360. The Balaban J connectivity index is 3.39. The number of allylic oxidation sites excluding steroid dienone is 3. The van der Waals surface area contributed by atoms with Crippen molar-refractivity contribution in [1.82, 2.24) is 5.32 Å². The summed E-state index contributed by atoms with van der Waals surface area (Å²) in [4.78, 5) is 24.7. The molecule has 0 aromatic rings. The standard InChI is InChI=1S/C81H157NO5/c1-3-5-7-9-11-13-15-17-19-21-23-24-25-28-31-34-38-41-45-49-53-57-61-65-69-73-79(84)78(77-83)82-80(85)74-70-66-62-58-54-50-46-42-39-35-32-29-26-27-30-33-36-40-44-48-52-56-60-64-68-72-76-87-81(86)75-71-67-63-59-55-51-47-43-37-22-20-18-16-14-12-10-8-6-4-2/h26,29,69,73,78-79,83-84H,3-25,27-28,30-68,70-72,74-77H2,1-2H3,(H,82,85)/b29-26-,73-69+. The molecular formula is C81H157NO5. The second-order valence-corrected chi connectivity index (χ2v) is 27.8. The van der Waals surface area contributed by atoms with E-state index in [1.54, 1.807) is 6.08 Å². The van der Waals surface area contributed by atoms with Crippen LogP contribution in [0.15, 0.2) is 24.3 Å². The number of nitrogens with one attached hydrogen (secondary N) is 1. The van der Waals surface area contributed by atoms with E-state index in [2.05, 4.69) is 31.3 Å². The maximum Gasteiger partial charge on any atom is 0.305 e. The number of amides is 1. The summed E-state index contributed by atoms with van der Waals surface area (Å²) < 4.78 is 5.52. The van der Waals surface area contributed by atoms with E-state index in [0.717, 1.165) is 38.5 Å². The van der Waals surface area contributed by atoms with Gasteiger partial charge in [-0.05, 0) is 57.8 Å². The lowest BCUT2D eigenvalue weighted by Gasteiger charge is -2.20. The maximum atomic E-state index is 12.6. The Hall–Kier alpha value is -1.66. The Morgan fingerprint density at radius 3 is 0.816 bits per heavy atom. The van der Waals surface area contributed by atoms with Crippen LogP contribution in [0.1, 0.15) is 457 Å². The topological polar surface area (TPSA) is 95.9 Å². The van der Waals surface area contributed by atoms with E-state index in [4.69, 9.17) is 4.74 Å². The number of aliphatic hydroxyl groups is 2. The molecule has 87 heavy (non-hydrogen) atoms. The largest absolute Gasteiger partial charge is 0.466 e. The SMILES string of the molecule is CCCCCCCCCCCCCCCCCCCCCCCCC/C=C/C(O)C(CO)NC(=O)CCCCCCCCCCCC/C=C\CCCCCCCCCCCCCCOC(=O)CCCCCCCCCCCCCCCCCCCCC. The Kier molecular flexibility index (Phi) is 75.3. The van der Waals surface area contributed by atoms with Crippen LogP contribution in [0, 0.1) is 0 Å². The third kappa shape index (κ3) is 73.3. The van der Waals surface area contributed by atoms with Crippen LogP contribution in [0.25, 0.3) is 0 Å². The summed E-state index contributed by atoms with van der Waals surface area (Å²) in [6.07, 6.45) is 98.7. The number of carbonyl (C=O) groups excluding carboxylic acids is 2. The summed E-state index contributed by atoms with van der Waals surface area (Å²) in [6.45, 7) is 4.96. The van der Waals surface area contributed by atoms with Gasteiger partial charge in [0.15, 0.2) is 0 Å². The number of esters is 1. The highest BCUT2D eigenvalue weighted by Crippen LogP contribution is 2.20. The molecule has 0 aromatic heterocycles. The molecule has 0 radical (unpaired) electrons. The fourth-order valence-electron chi connectivity index (χ4n) is 12.9. The summed E-state index contributed by atoms with van der Waals surface area (Å²) >= 11 is 0. The van der Waals surface area contributed by atoms with Crippen molar-refractivity contribution in [1.29, 1.82) is 0 Å². The summed E-state index contributed by atoms with van der Waals surface area (Å²) in [5, 5.41) is 23.3. The predicted molar refractivity (Wildman–Crippen MR) is 384 cm³/mol. The van der Waals surface area contributed by atoms with Gasteiger partial charge in [-0.1, -0.05) is 411 Å². The molecule has 0 aliphatic rings. The average molecular weight is 1230 g/mol. The molecule has 0 fully saturated rings. The minimum Gasteiger partial charge on any atom is -0.466 e. The summed E-state index contributed by atoms with van der Waals surface area (Å²) in [5.41, 5.74) is 0. The highest BCUT2D eigenvalue weighted by atomic mass is 16.5. The maximum absolute atomic E-state index is 12.6. The van der Waals surface area contributed by atoms with Crippen molar-refractivity contribution in [3.63, 3.8) is 0 Å². The second-order valence-electron chi connectivity index (χ2n) is 27.8. The molecule has 0 rings (SSSR count). The van der Waals surface area contributed by atoms with E-state index in [0.29, 0.717) is 19.4 Å². The fourth-order valence-corrected chi connectivity index (χ4v) is 12.9. The molecule has 1 amide bonds. The van der Waals surface area contributed by atoms with Gasteiger partial charge in [0.2, 0.25) is 5.91 Å². The van der Waals surface area contributed by atoms with Crippen molar-refractivity contribution in [3.05, 3.63) is 24.3 Å². The molecule has 0 saturated carbocycles. The zero-order valence-electron chi connectivity index (χ0n) is 59.3. The zero-order chi connectivity index (χ0) is 62.8. The summed E-state index contributed by atoms with van der Waals surface area (Å²) in [5.74, 6) is -0.0445. The monoisotopic (exact) mass is 1220 g/mol. The summed E-state index contributed by atoms with van der Waals surface area (Å²) in [6, 6.07) is -0.631. The number of carbonyl (C=O) groups is 2. The summed E-state index contributed by atoms with van der Waals surface area (Å²) in [7, 11) is 0. The van der Waals surface area contributed by atoms with E-state index in [-0.39, 0.29) is 18.5 Å². The van der Waals surface area contributed by atoms with Gasteiger partial charge in [-0.15, -0.1) is 0 Å².